The molecule has 0 spiro atoms. The summed E-state index contributed by atoms with van der Waals surface area (Å²) in [7, 11) is 0. The molecular weight excluding hydrogens is 492 g/mol. The zero-order chi connectivity index (χ0) is 26.2. The van der Waals surface area contributed by atoms with Crippen molar-refractivity contribution in [2.45, 2.75) is 31.7 Å². The standard InChI is InChI=1S/C27H22F4N2O4/c28-20-12-16(8-9-19(20)27(29,30)31)13-25(34)32-21-5-3-4-17-14-33(11-10-18(17)21)26(35)24-15-36-22-6-1-2-7-23(22)37-24/h1-9,12,24H,10-11,13-15H2,(H,32,34)/t24-/m1/s1. The van der Waals surface area contributed by atoms with Crippen LogP contribution in [0.15, 0.2) is 60.7 Å². The van der Waals surface area contributed by atoms with Crippen molar-refractivity contribution in [1.82, 2.24) is 4.90 Å². The van der Waals surface area contributed by atoms with Crippen molar-refractivity contribution in [1.29, 1.82) is 0 Å². The summed E-state index contributed by atoms with van der Waals surface area (Å²) in [4.78, 5) is 27.4. The number of alkyl halides is 3. The Morgan fingerprint density at radius 2 is 1.81 bits per heavy atom. The zero-order valence-corrected chi connectivity index (χ0v) is 19.5. The molecule has 3 aromatic carbocycles. The lowest BCUT2D eigenvalue weighted by molar-refractivity contribution is -0.142. The molecule has 2 heterocycles. The predicted octanol–water partition coefficient (Wildman–Crippen LogP) is 4.75. The first kappa shape index (κ1) is 24.6. The third kappa shape index (κ3) is 5.23. The van der Waals surface area contributed by atoms with E-state index in [1.807, 2.05) is 12.1 Å². The highest BCUT2D eigenvalue weighted by Gasteiger charge is 2.35. The van der Waals surface area contributed by atoms with E-state index in [0.29, 0.717) is 42.8 Å². The number of halogens is 4. The Morgan fingerprint density at radius 3 is 2.57 bits per heavy atom. The first-order valence-electron chi connectivity index (χ1n) is 11.6. The van der Waals surface area contributed by atoms with Gasteiger partial charge in [0.2, 0.25) is 12.0 Å². The van der Waals surface area contributed by atoms with Crippen LogP contribution in [0.3, 0.4) is 0 Å². The van der Waals surface area contributed by atoms with E-state index in [1.165, 1.54) is 0 Å². The molecule has 2 amide bonds. The van der Waals surface area contributed by atoms with E-state index < -0.39 is 29.6 Å². The third-order valence-electron chi connectivity index (χ3n) is 6.34. The van der Waals surface area contributed by atoms with Gasteiger partial charge in [-0.3, -0.25) is 9.59 Å². The van der Waals surface area contributed by atoms with Crippen LogP contribution in [0.5, 0.6) is 11.5 Å². The number of rotatable bonds is 4. The number of nitrogens with one attached hydrogen (secondary N) is 1. The predicted molar refractivity (Wildman–Crippen MR) is 126 cm³/mol. The minimum atomic E-state index is -4.80. The molecule has 192 valence electrons. The maximum Gasteiger partial charge on any atom is 0.419 e. The molecule has 5 rings (SSSR count). The number of carbonyl (C=O) groups excluding carboxylic acids is 2. The highest BCUT2D eigenvalue weighted by molar-refractivity contribution is 5.93. The van der Waals surface area contributed by atoms with Gasteiger partial charge in [0.15, 0.2) is 11.5 Å². The minimum Gasteiger partial charge on any atom is -0.485 e. The summed E-state index contributed by atoms with van der Waals surface area (Å²) >= 11 is 0. The van der Waals surface area contributed by atoms with Crippen molar-refractivity contribution < 1.29 is 36.6 Å². The Morgan fingerprint density at radius 1 is 1.03 bits per heavy atom. The molecule has 3 aromatic rings. The molecule has 1 N–H and O–H groups in total. The Bertz CT molecular complexity index is 1360. The Hall–Kier alpha value is -4.08. The van der Waals surface area contributed by atoms with Gasteiger partial charge in [0.1, 0.15) is 12.4 Å². The number of hydrogen-bond acceptors (Lipinski definition) is 4. The molecular formula is C27H22F4N2O4. The van der Waals surface area contributed by atoms with Crippen LogP contribution < -0.4 is 14.8 Å². The summed E-state index contributed by atoms with van der Waals surface area (Å²) in [5, 5.41) is 2.77. The fourth-order valence-electron chi connectivity index (χ4n) is 4.54. The van der Waals surface area contributed by atoms with Crippen molar-refractivity contribution in [3.05, 3.63) is 88.7 Å². The van der Waals surface area contributed by atoms with E-state index in [2.05, 4.69) is 5.32 Å². The topological polar surface area (TPSA) is 67.9 Å². The molecule has 0 aromatic heterocycles. The Balaban J connectivity index is 1.24. The first-order chi connectivity index (χ1) is 17.7. The van der Waals surface area contributed by atoms with Crippen LogP contribution in [0.1, 0.15) is 22.3 Å². The molecule has 10 heteroatoms. The number of fused-ring (bicyclic) bond motifs is 2. The number of benzene rings is 3. The number of hydrogen-bond donors (Lipinski definition) is 1. The van der Waals surface area contributed by atoms with Crippen molar-refractivity contribution in [2.24, 2.45) is 0 Å². The molecule has 2 aliphatic heterocycles. The maximum atomic E-state index is 13.9. The second-order valence-electron chi connectivity index (χ2n) is 8.85. The van der Waals surface area contributed by atoms with E-state index in [1.54, 1.807) is 35.2 Å². The van der Waals surface area contributed by atoms with Crippen molar-refractivity contribution in [2.75, 3.05) is 18.5 Å². The smallest absolute Gasteiger partial charge is 0.419 e. The lowest BCUT2D eigenvalue weighted by atomic mass is 9.97. The van der Waals surface area contributed by atoms with Gasteiger partial charge in [0.05, 0.1) is 12.0 Å². The van der Waals surface area contributed by atoms with Crippen molar-refractivity contribution in [3.63, 3.8) is 0 Å². The van der Waals surface area contributed by atoms with Gasteiger partial charge in [-0.15, -0.1) is 0 Å². The van der Waals surface area contributed by atoms with Crippen LogP contribution in [0.2, 0.25) is 0 Å². The summed E-state index contributed by atoms with van der Waals surface area (Å²) in [6, 6.07) is 14.9. The van der Waals surface area contributed by atoms with Crippen LogP contribution in [0, 0.1) is 5.82 Å². The van der Waals surface area contributed by atoms with Crippen LogP contribution in [0.4, 0.5) is 23.2 Å². The van der Waals surface area contributed by atoms with Gasteiger partial charge >= 0.3 is 6.18 Å². The summed E-state index contributed by atoms with van der Waals surface area (Å²) in [5.41, 5.74) is 1.02. The number of anilines is 1. The number of nitrogens with zero attached hydrogens (tertiary/aromatic N) is 1. The van der Waals surface area contributed by atoms with Crippen LogP contribution >= 0.6 is 0 Å². The second kappa shape index (κ2) is 9.76. The molecule has 0 radical (unpaired) electrons. The molecule has 2 aliphatic rings. The largest absolute Gasteiger partial charge is 0.485 e. The Labute approximate surface area is 209 Å². The molecule has 0 saturated carbocycles. The van der Waals surface area contributed by atoms with E-state index >= 15 is 0 Å². The van der Waals surface area contributed by atoms with E-state index in [0.717, 1.165) is 23.3 Å². The second-order valence-corrected chi connectivity index (χ2v) is 8.85. The van der Waals surface area contributed by atoms with Gasteiger partial charge in [-0.25, -0.2) is 4.39 Å². The molecule has 0 saturated heterocycles. The van der Waals surface area contributed by atoms with Gasteiger partial charge in [-0.2, -0.15) is 13.2 Å². The number of carbonyl (C=O) groups is 2. The number of amides is 2. The van der Waals surface area contributed by atoms with Gasteiger partial charge in [0, 0.05) is 18.8 Å². The first-order valence-corrected chi connectivity index (χ1v) is 11.6. The maximum absolute atomic E-state index is 13.9. The quantitative estimate of drug-likeness (QED) is 0.511. The lowest BCUT2D eigenvalue weighted by Crippen LogP contribution is -2.48. The average Bonchev–Trinajstić information content (AvgIpc) is 2.87. The van der Waals surface area contributed by atoms with Crippen LogP contribution in [0.25, 0.3) is 0 Å². The minimum absolute atomic E-state index is 0.111. The molecule has 37 heavy (non-hydrogen) atoms. The van der Waals surface area contributed by atoms with E-state index in [4.69, 9.17) is 9.47 Å². The van der Waals surface area contributed by atoms with E-state index in [9.17, 15) is 27.2 Å². The summed E-state index contributed by atoms with van der Waals surface area (Å²) in [6.07, 6.45) is -5.37. The van der Waals surface area contributed by atoms with Crippen molar-refractivity contribution >= 4 is 17.5 Å². The molecule has 0 fully saturated rings. The highest BCUT2D eigenvalue weighted by Crippen LogP contribution is 2.33. The summed E-state index contributed by atoms with van der Waals surface area (Å²) < 4.78 is 63.7. The molecule has 0 unspecified atom stereocenters. The average molecular weight is 514 g/mol. The molecule has 0 aliphatic carbocycles. The summed E-state index contributed by atoms with van der Waals surface area (Å²) in [5.74, 6) is -0.996. The fourth-order valence-corrected chi connectivity index (χ4v) is 4.54. The van der Waals surface area contributed by atoms with E-state index in [-0.39, 0.29) is 24.5 Å². The normalized spacial score (nSPS) is 16.6. The Kier molecular flexibility index (Phi) is 6.49. The highest BCUT2D eigenvalue weighted by atomic mass is 19.4. The number of para-hydroxylation sites is 2. The lowest BCUT2D eigenvalue weighted by Gasteiger charge is -2.34. The summed E-state index contributed by atoms with van der Waals surface area (Å²) in [6.45, 7) is 0.841. The number of ether oxygens (including phenoxy) is 2. The molecule has 6 nitrogen and oxygen atoms in total. The monoisotopic (exact) mass is 514 g/mol. The van der Waals surface area contributed by atoms with Gasteiger partial charge in [-0.05, 0) is 53.4 Å². The third-order valence-corrected chi connectivity index (χ3v) is 6.34. The molecule has 1 atom stereocenters. The SMILES string of the molecule is O=C(Cc1ccc(C(F)(F)F)c(F)c1)Nc1cccc2c1CCN(C(=O)[C@H]1COc3ccccc3O1)C2. The van der Waals surface area contributed by atoms with Gasteiger partial charge in [0.25, 0.3) is 5.91 Å². The van der Waals surface area contributed by atoms with Crippen LogP contribution in [-0.4, -0.2) is 36.0 Å². The van der Waals surface area contributed by atoms with Crippen molar-refractivity contribution in [3.8, 4) is 11.5 Å². The zero-order valence-electron chi connectivity index (χ0n) is 19.5. The molecule has 0 bridgehead atoms. The fraction of sp³-hybridized carbons (Fsp3) is 0.259. The van der Waals surface area contributed by atoms with Gasteiger partial charge in [-0.1, -0.05) is 30.3 Å². The van der Waals surface area contributed by atoms with Gasteiger partial charge < -0.3 is 19.7 Å². The van der Waals surface area contributed by atoms with Crippen LogP contribution in [-0.2, 0) is 35.2 Å².